The van der Waals surface area contributed by atoms with Crippen LogP contribution < -0.4 is 16.0 Å². The SMILES string of the molecule is O=C(CSc1ccc(NC(=O)/C(=C/c2c(Cl)cccc2Cl)NC(=O)c2ccccc2)cc1)Nc1nc(-c2ccccc2)cs1. The van der Waals surface area contributed by atoms with Crippen LogP contribution in [0.4, 0.5) is 10.8 Å². The number of anilines is 2. The Morgan fingerprint density at radius 2 is 1.45 bits per heavy atom. The second-order valence-corrected chi connectivity index (χ2v) is 12.0. The molecule has 0 saturated carbocycles. The Morgan fingerprint density at radius 1 is 0.795 bits per heavy atom. The first-order chi connectivity index (χ1) is 21.4. The fourth-order valence-corrected chi connectivity index (χ4v) is 5.89. The van der Waals surface area contributed by atoms with Crippen LogP contribution in [-0.4, -0.2) is 28.5 Å². The number of hydrogen-bond donors (Lipinski definition) is 3. The lowest BCUT2D eigenvalue weighted by Gasteiger charge is -2.13. The number of thiazole rings is 1. The standard InChI is InChI=1S/C33H24Cl2N4O3S2/c34-26-12-7-13-27(35)25(26)18-28(37-31(41)22-10-5-2-6-11-22)32(42)36-23-14-16-24(17-15-23)43-20-30(40)39-33-38-29(19-44-33)21-8-3-1-4-9-21/h1-19H,20H2,(H,36,42)(H,37,41)(H,38,39,40)/b28-18-. The summed E-state index contributed by atoms with van der Waals surface area (Å²) in [5, 5.41) is 11.4. The summed E-state index contributed by atoms with van der Waals surface area (Å²) in [5.41, 5.74) is 3.02. The average Bonchev–Trinajstić information content (AvgIpc) is 3.51. The van der Waals surface area contributed by atoms with Crippen LogP contribution in [0.2, 0.25) is 10.0 Å². The minimum Gasteiger partial charge on any atom is -0.321 e. The maximum atomic E-state index is 13.3. The van der Waals surface area contributed by atoms with E-state index >= 15 is 0 Å². The number of rotatable bonds is 10. The van der Waals surface area contributed by atoms with E-state index in [-0.39, 0.29) is 17.4 Å². The van der Waals surface area contributed by atoms with Gasteiger partial charge in [-0.25, -0.2) is 4.98 Å². The first-order valence-electron chi connectivity index (χ1n) is 13.2. The van der Waals surface area contributed by atoms with Gasteiger partial charge in [-0.05, 0) is 54.6 Å². The topological polar surface area (TPSA) is 100 Å². The van der Waals surface area contributed by atoms with Gasteiger partial charge in [-0.1, -0.05) is 77.8 Å². The van der Waals surface area contributed by atoms with E-state index in [1.54, 1.807) is 72.8 Å². The molecule has 0 aliphatic carbocycles. The number of nitrogens with one attached hydrogen (secondary N) is 3. The van der Waals surface area contributed by atoms with Crippen molar-refractivity contribution >= 4 is 80.9 Å². The van der Waals surface area contributed by atoms with Gasteiger partial charge in [0.05, 0.1) is 11.4 Å². The molecular weight excluding hydrogens is 635 g/mol. The van der Waals surface area contributed by atoms with Crippen LogP contribution in [0.15, 0.2) is 119 Å². The van der Waals surface area contributed by atoms with Crippen molar-refractivity contribution in [1.82, 2.24) is 10.3 Å². The molecule has 0 bridgehead atoms. The molecule has 44 heavy (non-hydrogen) atoms. The fourth-order valence-electron chi connectivity index (χ4n) is 3.95. The Kier molecular flexibility index (Phi) is 10.5. The summed E-state index contributed by atoms with van der Waals surface area (Å²) in [5.74, 6) is -1.02. The van der Waals surface area contributed by atoms with Crippen molar-refractivity contribution in [3.8, 4) is 11.3 Å². The van der Waals surface area contributed by atoms with Gasteiger partial charge in [0.15, 0.2) is 5.13 Å². The van der Waals surface area contributed by atoms with Gasteiger partial charge in [-0.15, -0.1) is 23.1 Å². The van der Waals surface area contributed by atoms with E-state index in [1.807, 2.05) is 35.7 Å². The van der Waals surface area contributed by atoms with E-state index in [2.05, 4.69) is 20.9 Å². The minimum atomic E-state index is -0.566. The number of carbonyl (C=O) groups excluding carboxylic acids is 3. The number of halogens is 2. The Balaban J connectivity index is 1.21. The molecule has 3 N–H and O–H groups in total. The molecule has 0 atom stereocenters. The molecule has 7 nitrogen and oxygen atoms in total. The van der Waals surface area contributed by atoms with E-state index in [0.29, 0.717) is 32.0 Å². The van der Waals surface area contributed by atoms with Crippen LogP contribution in [0.25, 0.3) is 17.3 Å². The first kappa shape index (κ1) is 31.0. The van der Waals surface area contributed by atoms with Gasteiger partial charge >= 0.3 is 0 Å². The van der Waals surface area contributed by atoms with Crippen molar-refractivity contribution < 1.29 is 14.4 Å². The van der Waals surface area contributed by atoms with Crippen LogP contribution in [0, 0.1) is 0 Å². The van der Waals surface area contributed by atoms with Crippen LogP contribution in [0.1, 0.15) is 15.9 Å². The molecule has 0 aliphatic heterocycles. The van der Waals surface area contributed by atoms with Crippen molar-refractivity contribution in [3.63, 3.8) is 0 Å². The van der Waals surface area contributed by atoms with Crippen molar-refractivity contribution in [2.24, 2.45) is 0 Å². The molecule has 0 fully saturated rings. The molecule has 0 spiro atoms. The average molecular weight is 660 g/mol. The lowest BCUT2D eigenvalue weighted by atomic mass is 10.1. The number of thioether (sulfide) groups is 1. The molecule has 1 heterocycles. The molecule has 4 aromatic carbocycles. The minimum absolute atomic E-state index is 0.0402. The zero-order valence-electron chi connectivity index (χ0n) is 22.9. The lowest BCUT2D eigenvalue weighted by molar-refractivity contribution is -0.114. The molecule has 0 unspecified atom stereocenters. The summed E-state index contributed by atoms with van der Waals surface area (Å²) in [6.07, 6.45) is 1.44. The van der Waals surface area contributed by atoms with Gasteiger partial charge in [-0.3, -0.25) is 14.4 Å². The zero-order chi connectivity index (χ0) is 30.9. The van der Waals surface area contributed by atoms with E-state index in [9.17, 15) is 14.4 Å². The molecule has 5 aromatic rings. The molecular formula is C33H24Cl2N4O3S2. The normalized spacial score (nSPS) is 11.1. The predicted molar refractivity (Wildman–Crippen MR) is 180 cm³/mol. The van der Waals surface area contributed by atoms with Crippen LogP contribution >= 0.6 is 46.3 Å². The number of amides is 3. The highest BCUT2D eigenvalue weighted by Gasteiger charge is 2.17. The second kappa shape index (κ2) is 14.9. The molecule has 0 radical (unpaired) electrons. The number of nitrogens with zero attached hydrogens (tertiary/aromatic N) is 1. The summed E-state index contributed by atoms with van der Waals surface area (Å²) in [7, 11) is 0. The van der Waals surface area contributed by atoms with Crippen LogP contribution in [-0.2, 0) is 9.59 Å². The van der Waals surface area contributed by atoms with E-state index in [0.717, 1.165) is 16.2 Å². The smallest absolute Gasteiger partial charge is 0.272 e. The van der Waals surface area contributed by atoms with Crippen molar-refractivity contribution in [3.05, 3.63) is 135 Å². The van der Waals surface area contributed by atoms with E-state index in [4.69, 9.17) is 23.2 Å². The highest BCUT2D eigenvalue weighted by Crippen LogP contribution is 2.28. The molecule has 5 rings (SSSR count). The predicted octanol–water partition coefficient (Wildman–Crippen LogP) is 8.26. The lowest BCUT2D eigenvalue weighted by Crippen LogP contribution is -2.30. The van der Waals surface area contributed by atoms with Crippen LogP contribution in [0.5, 0.6) is 0 Å². The Labute approximate surface area is 272 Å². The zero-order valence-corrected chi connectivity index (χ0v) is 26.1. The summed E-state index contributed by atoms with van der Waals surface area (Å²) >= 11 is 15.4. The largest absolute Gasteiger partial charge is 0.321 e. The third-order valence-electron chi connectivity index (χ3n) is 6.12. The summed E-state index contributed by atoms with van der Waals surface area (Å²) < 4.78 is 0. The van der Waals surface area contributed by atoms with Crippen molar-refractivity contribution in [2.45, 2.75) is 4.90 Å². The molecule has 220 valence electrons. The molecule has 0 aliphatic rings. The molecule has 11 heteroatoms. The number of hydrogen-bond acceptors (Lipinski definition) is 6. The van der Waals surface area contributed by atoms with Gasteiger partial charge in [0.25, 0.3) is 11.8 Å². The van der Waals surface area contributed by atoms with Crippen molar-refractivity contribution in [2.75, 3.05) is 16.4 Å². The second-order valence-electron chi connectivity index (χ2n) is 9.23. The fraction of sp³-hybridized carbons (Fsp3) is 0.0303. The summed E-state index contributed by atoms with van der Waals surface area (Å²) in [4.78, 5) is 44.1. The first-order valence-corrected chi connectivity index (χ1v) is 15.8. The number of carbonyl (C=O) groups is 3. The maximum absolute atomic E-state index is 13.3. The third-order valence-corrected chi connectivity index (χ3v) is 8.55. The van der Waals surface area contributed by atoms with Gasteiger partial charge in [0, 0.05) is 42.7 Å². The number of benzene rings is 4. The molecule has 1 aromatic heterocycles. The van der Waals surface area contributed by atoms with Gasteiger partial charge in [0.2, 0.25) is 5.91 Å². The Morgan fingerprint density at radius 3 is 2.14 bits per heavy atom. The summed E-state index contributed by atoms with van der Waals surface area (Å²) in [6, 6.07) is 30.3. The highest BCUT2D eigenvalue weighted by molar-refractivity contribution is 8.00. The highest BCUT2D eigenvalue weighted by atomic mass is 35.5. The summed E-state index contributed by atoms with van der Waals surface area (Å²) in [6.45, 7) is 0. The Bertz CT molecular complexity index is 1790. The molecule has 3 amide bonds. The molecule has 0 saturated heterocycles. The monoisotopic (exact) mass is 658 g/mol. The van der Waals surface area contributed by atoms with E-state index in [1.165, 1.54) is 29.2 Å². The number of aromatic nitrogens is 1. The third kappa shape index (κ3) is 8.36. The Hall–Kier alpha value is -4.41. The van der Waals surface area contributed by atoms with Crippen molar-refractivity contribution in [1.29, 1.82) is 0 Å². The van der Waals surface area contributed by atoms with Gasteiger partial charge in [-0.2, -0.15) is 0 Å². The quantitative estimate of drug-likeness (QED) is 0.104. The van der Waals surface area contributed by atoms with Gasteiger partial charge < -0.3 is 16.0 Å². The van der Waals surface area contributed by atoms with E-state index < -0.39 is 11.8 Å². The maximum Gasteiger partial charge on any atom is 0.272 e. The van der Waals surface area contributed by atoms with Crippen LogP contribution in [0.3, 0.4) is 0 Å². The van der Waals surface area contributed by atoms with Gasteiger partial charge in [0.1, 0.15) is 5.70 Å².